The molecule has 0 atom stereocenters. The fraction of sp³-hybridized carbons (Fsp3) is 0.286. The molecule has 0 saturated carbocycles. The van der Waals surface area contributed by atoms with Gasteiger partial charge in [-0.2, -0.15) is 0 Å². The van der Waals surface area contributed by atoms with Crippen LogP contribution >= 0.6 is 0 Å². The number of hydrogen-bond donors (Lipinski definition) is 0. The van der Waals surface area contributed by atoms with E-state index in [0.717, 1.165) is 11.4 Å². The van der Waals surface area contributed by atoms with Crippen LogP contribution in [0.25, 0.3) is 4.85 Å². The third-order valence-electron chi connectivity index (χ3n) is 1.08. The van der Waals surface area contributed by atoms with Gasteiger partial charge in [-0.15, -0.1) is 0 Å². The summed E-state index contributed by atoms with van der Waals surface area (Å²) in [4.78, 5) is 11.2. The van der Waals surface area contributed by atoms with Crippen molar-refractivity contribution in [2.24, 2.45) is 0 Å². The van der Waals surface area contributed by atoms with Crippen LogP contribution in [0.1, 0.15) is 11.4 Å². The van der Waals surface area contributed by atoms with Crippen LogP contribution in [0.15, 0.2) is 12.4 Å². The molecule has 0 saturated heterocycles. The second-order valence-corrected chi connectivity index (χ2v) is 1.97. The van der Waals surface area contributed by atoms with Crippen molar-refractivity contribution in [2.75, 3.05) is 0 Å². The summed E-state index contributed by atoms with van der Waals surface area (Å²) in [5.74, 6) is 0. The number of aryl methyl sites for hydroxylation is 1. The van der Waals surface area contributed by atoms with Gasteiger partial charge in [-0.1, -0.05) is 0 Å². The maximum atomic E-state index is 6.55. The largest absolute Gasteiger partial charge is 0.310 e. The molecule has 1 heterocycles. The lowest BCUT2D eigenvalue weighted by molar-refractivity contribution is 1.02. The van der Waals surface area contributed by atoms with Gasteiger partial charge < -0.3 is 4.85 Å². The minimum Gasteiger partial charge on any atom is -0.310 e. The van der Waals surface area contributed by atoms with Crippen molar-refractivity contribution in [1.29, 1.82) is 0 Å². The quantitative estimate of drug-likeness (QED) is 0.539. The topological polar surface area (TPSA) is 30.1 Å². The van der Waals surface area contributed by atoms with Gasteiger partial charge in [0.1, 0.15) is 5.69 Å². The Morgan fingerprint density at radius 1 is 1.50 bits per heavy atom. The Morgan fingerprint density at radius 2 is 2.30 bits per heavy atom. The molecule has 0 fully saturated rings. The fourth-order valence-electron chi connectivity index (χ4n) is 0.582. The average molecular weight is 133 g/mol. The number of rotatable bonds is 1. The Kier molecular flexibility index (Phi) is 1.96. The smallest absolute Gasteiger partial charge is 0.257 e. The van der Waals surface area contributed by atoms with Gasteiger partial charge in [-0.3, -0.25) is 4.98 Å². The molecule has 3 heteroatoms. The van der Waals surface area contributed by atoms with Gasteiger partial charge in [-0.25, -0.2) is 11.6 Å². The minimum atomic E-state index is 0.327. The van der Waals surface area contributed by atoms with Crippen LogP contribution in [0, 0.1) is 13.5 Å². The molecule has 0 aliphatic carbocycles. The van der Waals surface area contributed by atoms with Gasteiger partial charge in [0.2, 0.25) is 0 Å². The first-order valence-electron chi connectivity index (χ1n) is 2.93. The summed E-state index contributed by atoms with van der Waals surface area (Å²) in [6.07, 6.45) is 3.30. The van der Waals surface area contributed by atoms with Crippen molar-refractivity contribution in [3.05, 3.63) is 35.2 Å². The van der Waals surface area contributed by atoms with Gasteiger partial charge in [-0.05, 0) is 6.92 Å². The molecule has 0 bridgehead atoms. The summed E-state index contributed by atoms with van der Waals surface area (Å²) in [7, 11) is 0. The molecule has 0 N–H and O–H groups in total. The van der Waals surface area contributed by atoms with Crippen molar-refractivity contribution in [3.8, 4) is 0 Å². The third kappa shape index (κ3) is 1.52. The molecule has 50 valence electrons. The molecule has 1 aromatic heterocycles. The van der Waals surface area contributed by atoms with E-state index in [4.69, 9.17) is 6.57 Å². The summed E-state index contributed by atoms with van der Waals surface area (Å²) in [6.45, 7) is 8.75. The molecular formula is C7H7N3. The molecule has 0 amide bonds. The first kappa shape index (κ1) is 6.69. The highest BCUT2D eigenvalue weighted by Gasteiger charge is 1.94. The number of nitrogens with zero attached hydrogens (tertiary/aromatic N) is 3. The summed E-state index contributed by atoms with van der Waals surface area (Å²) >= 11 is 0. The Hall–Kier alpha value is -1.43. The number of aromatic nitrogens is 2. The average Bonchev–Trinajstić information content (AvgIpc) is 1.95. The highest BCUT2D eigenvalue weighted by Crippen LogP contribution is 1.94. The highest BCUT2D eigenvalue weighted by atomic mass is 14.8. The molecule has 0 aliphatic rings. The monoisotopic (exact) mass is 133 g/mol. The standard InChI is InChI=1S/C7H7N3/c1-6-3-10-7(4-8-2)5-9-6/h3,5H,4H2,1H3. The fourth-order valence-corrected chi connectivity index (χ4v) is 0.582. The Morgan fingerprint density at radius 3 is 2.80 bits per heavy atom. The molecule has 0 unspecified atom stereocenters. The SMILES string of the molecule is [C-]#[N+]Cc1cnc(C)cn1. The van der Waals surface area contributed by atoms with Crippen molar-refractivity contribution >= 4 is 0 Å². The van der Waals surface area contributed by atoms with Crippen LogP contribution in [0.4, 0.5) is 0 Å². The van der Waals surface area contributed by atoms with Crippen LogP contribution in [-0.4, -0.2) is 9.97 Å². The maximum Gasteiger partial charge on any atom is 0.257 e. The zero-order chi connectivity index (χ0) is 7.40. The zero-order valence-electron chi connectivity index (χ0n) is 5.70. The van der Waals surface area contributed by atoms with Gasteiger partial charge in [0.25, 0.3) is 6.54 Å². The second-order valence-electron chi connectivity index (χ2n) is 1.97. The lowest BCUT2D eigenvalue weighted by atomic mass is 10.4. The molecule has 0 aromatic carbocycles. The molecule has 10 heavy (non-hydrogen) atoms. The lowest BCUT2D eigenvalue weighted by Crippen LogP contribution is -1.89. The second kappa shape index (κ2) is 2.92. The van der Waals surface area contributed by atoms with Crippen LogP contribution in [0.2, 0.25) is 0 Å². The molecule has 0 spiro atoms. The zero-order valence-corrected chi connectivity index (χ0v) is 5.70. The Bertz CT molecular complexity index is 245. The highest BCUT2D eigenvalue weighted by molar-refractivity contribution is 5.01. The first-order chi connectivity index (χ1) is 4.83. The predicted octanol–water partition coefficient (Wildman–Crippen LogP) is 1.20. The van der Waals surface area contributed by atoms with Gasteiger partial charge >= 0.3 is 0 Å². The van der Waals surface area contributed by atoms with E-state index in [1.54, 1.807) is 12.4 Å². The van der Waals surface area contributed by atoms with E-state index in [0.29, 0.717) is 6.54 Å². The Labute approximate surface area is 59.6 Å². The van der Waals surface area contributed by atoms with Gasteiger partial charge in [0.15, 0.2) is 0 Å². The van der Waals surface area contributed by atoms with Gasteiger partial charge in [0, 0.05) is 6.20 Å². The summed E-state index contributed by atoms with van der Waals surface area (Å²) in [5.41, 5.74) is 1.62. The Balaban J connectivity index is 2.81. The summed E-state index contributed by atoms with van der Waals surface area (Å²) < 4.78 is 0. The van der Waals surface area contributed by atoms with Crippen molar-refractivity contribution in [3.63, 3.8) is 0 Å². The van der Waals surface area contributed by atoms with Crippen LogP contribution < -0.4 is 0 Å². The van der Waals surface area contributed by atoms with E-state index in [1.807, 2.05) is 6.92 Å². The molecule has 0 radical (unpaired) electrons. The van der Waals surface area contributed by atoms with E-state index < -0.39 is 0 Å². The normalized spacial score (nSPS) is 8.80. The van der Waals surface area contributed by atoms with E-state index >= 15 is 0 Å². The van der Waals surface area contributed by atoms with Crippen molar-refractivity contribution in [1.82, 2.24) is 9.97 Å². The number of hydrogen-bond acceptors (Lipinski definition) is 2. The van der Waals surface area contributed by atoms with E-state index in [-0.39, 0.29) is 0 Å². The summed E-state index contributed by atoms with van der Waals surface area (Å²) in [6, 6.07) is 0. The van der Waals surface area contributed by atoms with E-state index in [9.17, 15) is 0 Å². The molecule has 1 aromatic rings. The third-order valence-corrected chi connectivity index (χ3v) is 1.08. The van der Waals surface area contributed by atoms with Crippen molar-refractivity contribution in [2.45, 2.75) is 13.5 Å². The maximum absolute atomic E-state index is 6.55. The molecule has 0 aliphatic heterocycles. The molecule has 3 nitrogen and oxygen atoms in total. The van der Waals surface area contributed by atoms with Crippen LogP contribution in [0.3, 0.4) is 0 Å². The van der Waals surface area contributed by atoms with Crippen LogP contribution in [-0.2, 0) is 6.54 Å². The predicted molar refractivity (Wildman–Crippen MR) is 37.1 cm³/mol. The van der Waals surface area contributed by atoms with E-state index in [1.165, 1.54) is 0 Å². The molecular weight excluding hydrogens is 126 g/mol. The lowest BCUT2D eigenvalue weighted by Gasteiger charge is -1.89. The molecule has 1 rings (SSSR count). The first-order valence-corrected chi connectivity index (χ1v) is 2.93. The minimum absolute atomic E-state index is 0.327. The van der Waals surface area contributed by atoms with Crippen molar-refractivity contribution < 1.29 is 0 Å². The van der Waals surface area contributed by atoms with E-state index in [2.05, 4.69) is 14.8 Å². The summed E-state index contributed by atoms with van der Waals surface area (Å²) in [5, 5.41) is 0. The van der Waals surface area contributed by atoms with Crippen LogP contribution in [0.5, 0.6) is 0 Å². The van der Waals surface area contributed by atoms with Gasteiger partial charge in [0.05, 0.1) is 11.9 Å².